The fourth-order valence-electron chi connectivity index (χ4n) is 2.64. The molecule has 3 heterocycles. The van der Waals surface area contributed by atoms with Crippen LogP contribution >= 0.6 is 68.8 Å². The van der Waals surface area contributed by atoms with Crippen LogP contribution in [0.3, 0.4) is 0 Å². The number of anilines is 2. The zero-order valence-electron chi connectivity index (χ0n) is 15.5. The Bertz CT molecular complexity index is 1490. The Morgan fingerprint density at radius 1 is 0.719 bits per heavy atom. The first-order chi connectivity index (χ1) is 15.0. The monoisotopic (exact) mass is 584 g/mol. The molecule has 0 aliphatic rings. The zero-order chi connectivity index (χ0) is 23.1. The van der Waals surface area contributed by atoms with Crippen LogP contribution in [0.1, 0.15) is 0 Å². The second kappa shape index (κ2) is 9.15. The van der Waals surface area contributed by atoms with Crippen LogP contribution in [0.25, 0.3) is 10.4 Å². The topological polar surface area (TPSA) is 92.3 Å². The molecule has 0 saturated heterocycles. The average Bonchev–Trinajstić information content (AvgIpc) is 3.45. The van der Waals surface area contributed by atoms with Crippen molar-refractivity contribution in [1.29, 1.82) is 0 Å². The minimum absolute atomic E-state index is 0.00132. The predicted octanol–water partition coefficient (Wildman–Crippen LogP) is 7.10. The normalized spacial score (nSPS) is 12.1. The van der Waals surface area contributed by atoms with Crippen LogP contribution in [0.2, 0.25) is 13.7 Å². The highest BCUT2D eigenvalue weighted by Gasteiger charge is 2.23. The molecule has 0 spiro atoms. The van der Waals surface area contributed by atoms with Crippen molar-refractivity contribution in [1.82, 2.24) is 0 Å². The molecule has 6 nitrogen and oxygen atoms in total. The molecule has 0 saturated carbocycles. The number of thiophene rings is 3. The van der Waals surface area contributed by atoms with E-state index < -0.39 is 20.0 Å². The number of nitrogens with one attached hydrogen (secondary N) is 2. The van der Waals surface area contributed by atoms with Gasteiger partial charge in [0.15, 0.2) is 0 Å². The lowest BCUT2D eigenvalue weighted by Crippen LogP contribution is -2.16. The highest BCUT2D eigenvalue weighted by Crippen LogP contribution is 2.41. The van der Waals surface area contributed by atoms with E-state index in [1.54, 1.807) is 23.6 Å². The number of hydrogen-bond donors (Lipinski definition) is 2. The molecule has 168 valence electrons. The Labute approximate surface area is 211 Å². The average molecular weight is 586 g/mol. The van der Waals surface area contributed by atoms with Gasteiger partial charge in [0, 0.05) is 10.4 Å². The van der Waals surface area contributed by atoms with E-state index in [4.69, 9.17) is 34.8 Å². The molecule has 4 aromatic rings. The molecule has 4 rings (SSSR count). The van der Waals surface area contributed by atoms with Gasteiger partial charge in [-0.15, -0.1) is 34.0 Å². The van der Waals surface area contributed by atoms with Gasteiger partial charge in [-0.2, -0.15) is 0 Å². The summed E-state index contributed by atoms with van der Waals surface area (Å²) in [6.45, 7) is 0. The lowest BCUT2D eigenvalue weighted by molar-refractivity contribution is 0.601. The third-order valence-electron chi connectivity index (χ3n) is 4.01. The summed E-state index contributed by atoms with van der Waals surface area (Å²) in [5.41, 5.74) is 0.462. The Morgan fingerprint density at radius 2 is 1.34 bits per heavy atom. The maximum absolute atomic E-state index is 12.9. The van der Waals surface area contributed by atoms with E-state index in [-0.39, 0.29) is 24.8 Å². The Hall–Kier alpha value is -1.31. The van der Waals surface area contributed by atoms with E-state index >= 15 is 0 Å². The zero-order valence-corrected chi connectivity index (χ0v) is 21.9. The summed E-state index contributed by atoms with van der Waals surface area (Å²) in [7, 11) is -8.01. The molecule has 3 aromatic heterocycles. The van der Waals surface area contributed by atoms with Crippen molar-refractivity contribution in [3.05, 3.63) is 67.6 Å². The van der Waals surface area contributed by atoms with E-state index in [0.717, 1.165) is 22.7 Å². The van der Waals surface area contributed by atoms with Crippen LogP contribution < -0.4 is 9.44 Å². The first-order valence-electron chi connectivity index (χ1n) is 8.49. The molecule has 0 aliphatic heterocycles. The second-order valence-corrected chi connectivity index (χ2v) is 14.8. The van der Waals surface area contributed by atoms with Gasteiger partial charge >= 0.3 is 0 Å². The summed E-state index contributed by atoms with van der Waals surface area (Å²) in [6.07, 6.45) is 0. The van der Waals surface area contributed by atoms with Gasteiger partial charge in [0.05, 0.1) is 25.1 Å². The molecule has 0 bridgehead atoms. The standard InChI is InChI=1S/C18H11Cl3N2O4S5/c19-11-9-13(23-31(24,25)17-2-1-7-28-17)12(8-10(11)14-3-4-15(20)29-14)22-32(26,27)18-6-5-16(21)30-18/h1-9,22-23H. The van der Waals surface area contributed by atoms with Gasteiger partial charge in [0.1, 0.15) is 8.42 Å². The molecule has 0 fully saturated rings. The minimum atomic E-state index is -4.04. The summed E-state index contributed by atoms with van der Waals surface area (Å²) in [6, 6.07) is 12.1. The molecule has 0 unspecified atom stereocenters. The minimum Gasteiger partial charge on any atom is -0.277 e. The quantitative estimate of drug-likeness (QED) is 0.242. The van der Waals surface area contributed by atoms with Gasteiger partial charge in [0.25, 0.3) is 20.0 Å². The van der Waals surface area contributed by atoms with Gasteiger partial charge < -0.3 is 0 Å². The number of halogens is 3. The molecule has 14 heteroatoms. The molecule has 0 aliphatic carbocycles. The van der Waals surface area contributed by atoms with Gasteiger partial charge in [-0.1, -0.05) is 40.9 Å². The van der Waals surface area contributed by atoms with Gasteiger partial charge in [-0.05, 0) is 47.8 Å². The summed E-state index contributed by atoms with van der Waals surface area (Å²) in [5.74, 6) is 0. The van der Waals surface area contributed by atoms with Crippen LogP contribution in [0.4, 0.5) is 11.4 Å². The van der Waals surface area contributed by atoms with Crippen LogP contribution in [-0.4, -0.2) is 16.8 Å². The summed E-state index contributed by atoms with van der Waals surface area (Å²) >= 11 is 21.5. The Balaban J connectivity index is 1.82. The molecule has 0 amide bonds. The summed E-state index contributed by atoms with van der Waals surface area (Å²) in [5, 5.41) is 1.84. The number of benzene rings is 1. The lowest BCUT2D eigenvalue weighted by atomic mass is 10.1. The number of rotatable bonds is 7. The van der Waals surface area contributed by atoms with Gasteiger partial charge in [0.2, 0.25) is 0 Å². The maximum Gasteiger partial charge on any atom is 0.271 e. The van der Waals surface area contributed by atoms with Crippen molar-refractivity contribution < 1.29 is 16.8 Å². The van der Waals surface area contributed by atoms with Crippen LogP contribution in [0.5, 0.6) is 0 Å². The molecular weight excluding hydrogens is 575 g/mol. The van der Waals surface area contributed by atoms with Crippen molar-refractivity contribution in [3.63, 3.8) is 0 Å². The molecule has 0 atom stereocenters. The van der Waals surface area contributed by atoms with Crippen LogP contribution in [0, 0.1) is 0 Å². The second-order valence-electron chi connectivity index (χ2n) is 6.18. The largest absolute Gasteiger partial charge is 0.277 e. The van der Waals surface area contributed by atoms with Crippen molar-refractivity contribution in [2.45, 2.75) is 8.42 Å². The van der Waals surface area contributed by atoms with E-state index in [1.165, 1.54) is 41.7 Å². The lowest BCUT2D eigenvalue weighted by Gasteiger charge is -2.16. The van der Waals surface area contributed by atoms with E-state index in [1.807, 2.05) is 0 Å². The molecule has 1 aromatic carbocycles. The predicted molar refractivity (Wildman–Crippen MR) is 135 cm³/mol. The molecule has 32 heavy (non-hydrogen) atoms. The van der Waals surface area contributed by atoms with Crippen molar-refractivity contribution >= 4 is 100 Å². The van der Waals surface area contributed by atoms with Crippen molar-refractivity contribution in [2.75, 3.05) is 9.44 Å². The Kier molecular flexibility index (Phi) is 6.81. The van der Waals surface area contributed by atoms with Crippen molar-refractivity contribution in [3.8, 4) is 10.4 Å². The van der Waals surface area contributed by atoms with Gasteiger partial charge in [-0.25, -0.2) is 16.8 Å². The number of sulfonamides is 2. The molecule has 0 radical (unpaired) electrons. The first-order valence-corrected chi connectivity index (χ1v) is 15.1. The molecular formula is C18H11Cl3N2O4S5. The highest BCUT2D eigenvalue weighted by atomic mass is 35.5. The smallest absolute Gasteiger partial charge is 0.271 e. The third kappa shape index (κ3) is 5.10. The Morgan fingerprint density at radius 3 is 1.91 bits per heavy atom. The fourth-order valence-corrected chi connectivity index (χ4v) is 8.65. The SMILES string of the molecule is O=S(=O)(Nc1cc(Cl)c(-c2ccc(Cl)s2)cc1NS(=O)(=O)c1ccc(Cl)s1)c1cccs1. The van der Waals surface area contributed by atoms with E-state index in [9.17, 15) is 16.8 Å². The van der Waals surface area contributed by atoms with Gasteiger partial charge in [-0.3, -0.25) is 9.44 Å². The van der Waals surface area contributed by atoms with E-state index in [2.05, 4.69) is 9.44 Å². The maximum atomic E-state index is 12.9. The highest BCUT2D eigenvalue weighted by molar-refractivity contribution is 7.95. The fraction of sp³-hybridized carbons (Fsp3) is 0. The first kappa shape index (κ1) is 23.8. The number of hydrogen-bond acceptors (Lipinski definition) is 7. The third-order valence-corrected chi connectivity index (χ3v) is 11.4. The summed E-state index contributed by atoms with van der Waals surface area (Å²) < 4.78 is 57.1. The molecule has 2 N–H and O–H groups in total. The van der Waals surface area contributed by atoms with Crippen LogP contribution in [0.15, 0.2) is 62.3 Å². The summed E-state index contributed by atoms with van der Waals surface area (Å²) in [4.78, 5) is 0.687. The van der Waals surface area contributed by atoms with Crippen molar-refractivity contribution in [2.24, 2.45) is 0 Å². The van der Waals surface area contributed by atoms with Crippen LogP contribution in [-0.2, 0) is 20.0 Å². The van der Waals surface area contributed by atoms with E-state index in [0.29, 0.717) is 19.1 Å².